The normalized spacial score (nSPS) is 13.4. The molecule has 0 saturated heterocycles. The molecule has 0 aromatic heterocycles. The van der Waals surface area contributed by atoms with Crippen molar-refractivity contribution in [3.63, 3.8) is 0 Å². The molecule has 3 atom stereocenters. The second kappa shape index (κ2) is 17.7. The van der Waals surface area contributed by atoms with Crippen molar-refractivity contribution in [1.82, 2.24) is 0 Å². The van der Waals surface area contributed by atoms with Gasteiger partial charge in [-0.3, -0.25) is 0 Å². The third kappa shape index (κ3) is 9.74. The van der Waals surface area contributed by atoms with Crippen LogP contribution in [0.15, 0.2) is 97.1 Å². The minimum absolute atomic E-state index is 0.399. The minimum Gasteiger partial charge on any atom is -0.399 e. The molecule has 0 saturated carbocycles. The summed E-state index contributed by atoms with van der Waals surface area (Å²) >= 11 is 0. The van der Waals surface area contributed by atoms with E-state index in [9.17, 15) is 0 Å². The Morgan fingerprint density at radius 3 is 1.23 bits per heavy atom. The molecule has 3 unspecified atom stereocenters. The fourth-order valence-corrected chi connectivity index (χ4v) is 6.87. The molecule has 4 aromatic rings. The topological polar surface area (TPSA) is 52.0 Å². The van der Waals surface area contributed by atoms with Crippen molar-refractivity contribution in [1.29, 1.82) is 0 Å². The predicted molar refractivity (Wildman–Crippen MR) is 193 cm³/mol. The van der Waals surface area contributed by atoms with Gasteiger partial charge in [-0.2, -0.15) is 0 Å². The summed E-state index contributed by atoms with van der Waals surface area (Å²) in [6.45, 7) is 6.84. The van der Waals surface area contributed by atoms with Crippen molar-refractivity contribution in [2.45, 2.75) is 116 Å². The third-order valence-corrected chi connectivity index (χ3v) is 9.57. The molecule has 4 N–H and O–H groups in total. The number of anilines is 2. The Bertz CT molecular complexity index is 1340. The molecule has 0 amide bonds. The Balaban J connectivity index is 1.47. The van der Waals surface area contributed by atoms with Crippen LogP contribution in [0.1, 0.15) is 143 Å². The highest BCUT2D eigenvalue weighted by atomic mass is 14.5. The second-order valence-corrected chi connectivity index (χ2v) is 12.8. The highest BCUT2D eigenvalue weighted by Crippen LogP contribution is 2.33. The van der Waals surface area contributed by atoms with E-state index in [1.54, 1.807) is 0 Å². The molecule has 0 bridgehead atoms. The lowest BCUT2D eigenvalue weighted by Crippen LogP contribution is -2.06. The Labute approximate surface area is 268 Å². The third-order valence-electron chi connectivity index (χ3n) is 9.57. The van der Waals surface area contributed by atoms with Gasteiger partial charge in [-0.05, 0) is 89.2 Å². The zero-order valence-electron chi connectivity index (χ0n) is 27.6. The molecule has 4 rings (SSSR count). The second-order valence-electron chi connectivity index (χ2n) is 12.8. The summed E-state index contributed by atoms with van der Waals surface area (Å²) in [6, 6.07) is 35.8. The maximum absolute atomic E-state index is 5.97. The van der Waals surface area contributed by atoms with Gasteiger partial charge in [-0.1, -0.05) is 145 Å². The maximum Gasteiger partial charge on any atom is 0.0314 e. The summed E-state index contributed by atoms with van der Waals surface area (Å²) in [6.07, 6.45) is 15.4. The number of nitrogen functional groups attached to an aromatic ring is 2. The predicted octanol–water partition coefficient (Wildman–Crippen LogP) is 11.8. The molecule has 2 nitrogen and oxygen atoms in total. The van der Waals surface area contributed by atoms with E-state index in [4.69, 9.17) is 11.5 Å². The lowest BCUT2D eigenvalue weighted by molar-refractivity contribution is 0.527. The average molecular weight is 589 g/mol. The number of hydrogen-bond acceptors (Lipinski definition) is 2. The molecular formula is C42H56N2. The monoisotopic (exact) mass is 588 g/mol. The van der Waals surface area contributed by atoms with Crippen molar-refractivity contribution in [3.8, 4) is 0 Å². The smallest absolute Gasteiger partial charge is 0.0314 e. The highest BCUT2D eigenvalue weighted by molar-refractivity contribution is 5.44. The fourth-order valence-electron chi connectivity index (χ4n) is 6.87. The zero-order chi connectivity index (χ0) is 31.1. The summed E-state index contributed by atoms with van der Waals surface area (Å²) in [7, 11) is 0. The lowest BCUT2D eigenvalue weighted by Gasteiger charge is -2.21. The van der Waals surface area contributed by atoms with E-state index < -0.39 is 0 Å². The first-order valence-corrected chi connectivity index (χ1v) is 17.4. The quantitative estimate of drug-likeness (QED) is 0.0897. The van der Waals surface area contributed by atoms with E-state index in [1.165, 1.54) is 91.2 Å². The van der Waals surface area contributed by atoms with Crippen LogP contribution in [-0.2, 0) is 6.42 Å². The van der Waals surface area contributed by atoms with Gasteiger partial charge in [0.2, 0.25) is 0 Å². The molecule has 0 heterocycles. The van der Waals surface area contributed by atoms with Crippen LogP contribution in [0.4, 0.5) is 11.4 Å². The van der Waals surface area contributed by atoms with Crippen molar-refractivity contribution < 1.29 is 0 Å². The van der Waals surface area contributed by atoms with Gasteiger partial charge in [0.15, 0.2) is 0 Å². The number of rotatable bonds is 18. The molecular weight excluding hydrogens is 532 g/mol. The highest BCUT2D eigenvalue weighted by Gasteiger charge is 2.17. The van der Waals surface area contributed by atoms with Gasteiger partial charge in [0.05, 0.1) is 0 Å². The van der Waals surface area contributed by atoms with E-state index >= 15 is 0 Å². The Morgan fingerprint density at radius 1 is 0.432 bits per heavy atom. The summed E-state index contributed by atoms with van der Waals surface area (Å²) in [5.41, 5.74) is 21.9. The molecule has 0 spiro atoms. The zero-order valence-corrected chi connectivity index (χ0v) is 27.6. The van der Waals surface area contributed by atoms with Crippen LogP contribution in [0.5, 0.6) is 0 Å². The molecule has 44 heavy (non-hydrogen) atoms. The SMILES string of the molecule is CCCCCCCCCCC(Cc1ccc(C(CC)c2ccc(N)cc2)cc1)c1ccc(C(CC)c2ccc(N)cc2)cc1. The van der Waals surface area contributed by atoms with Crippen molar-refractivity contribution in [3.05, 3.63) is 130 Å². The van der Waals surface area contributed by atoms with Crippen molar-refractivity contribution >= 4 is 11.4 Å². The molecule has 4 aromatic carbocycles. The van der Waals surface area contributed by atoms with E-state index in [-0.39, 0.29) is 0 Å². The van der Waals surface area contributed by atoms with Crippen molar-refractivity contribution in [2.75, 3.05) is 11.5 Å². The van der Waals surface area contributed by atoms with Gasteiger partial charge in [0, 0.05) is 23.2 Å². The largest absolute Gasteiger partial charge is 0.399 e. The fraction of sp³-hybridized carbons (Fsp3) is 0.429. The van der Waals surface area contributed by atoms with Crippen LogP contribution in [0, 0.1) is 0 Å². The number of benzene rings is 4. The van der Waals surface area contributed by atoms with Gasteiger partial charge in [0.1, 0.15) is 0 Å². The summed E-state index contributed by atoms with van der Waals surface area (Å²) in [5.74, 6) is 1.33. The van der Waals surface area contributed by atoms with Crippen LogP contribution in [0.25, 0.3) is 0 Å². The molecule has 234 valence electrons. The Hall–Kier alpha value is -3.52. The van der Waals surface area contributed by atoms with Gasteiger partial charge >= 0.3 is 0 Å². The summed E-state index contributed by atoms with van der Waals surface area (Å²) < 4.78 is 0. The van der Waals surface area contributed by atoms with Crippen LogP contribution in [0.3, 0.4) is 0 Å². The molecule has 0 aliphatic rings. The molecule has 2 heteroatoms. The lowest BCUT2D eigenvalue weighted by atomic mass is 9.83. The van der Waals surface area contributed by atoms with Crippen LogP contribution in [0.2, 0.25) is 0 Å². The minimum atomic E-state index is 0.399. The first-order chi connectivity index (χ1) is 21.5. The molecule has 0 fully saturated rings. The van der Waals surface area contributed by atoms with Gasteiger partial charge in [-0.15, -0.1) is 0 Å². The summed E-state index contributed by atoms with van der Waals surface area (Å²) in [5, 5.41) is 0. The molecule has 0 radical (unpaired) electrons. The molecule has 0 aliphatic heterocycles. The standard InChI is InChI=1S/C42H56N2/c1-4-7-8-9-10-11-12-13-14-38(33-19-21-35(22-20-33)42(6-3)37-25-29-40(44)30-26-37)31-32-15-17-34(18-16-32)41(5-2)36-23-27-39(43)28-24-36/h15-30,38,41-42H,4-14,31,43-44H2,1-3H3. The van der Waals surface area contributed by atoms with Gasteiger partial charge in [-0.25, -0.2) is 0 Å². The van der Waals surface area contributed by atoms with Crippen LogP contribution >= 0.6 is 0 Å². The van der Waals surface area contributed by atoms with E-state index in [2.05, 4.69) is 93.6 Å². The van der Waals surface area contributed by atoms with Crippen LogP contribution < -0.4 is 11.5 Å². The first-order valence-electron chi connectivity index (χ1n) is 17.4. The number of nitrogens with two attached hydrogens (primary N) is 2. The van der Waals surface area contributed by atoms with Crippen molar-refractivity contribution in [2.24, 2.45) is 0 Å². The molecule has 0 aliphatic carbocycles. The number of unbranched alkanes of at least 4 members (excludes halogenated alkanes) is 7. The van der Waals surface area contributed by atoms with E-state index in [0.717, 1.165) is 30.6 Å². The number of hydrogen-bond donors (Lipinski definition) is 2. The van der Waals surface area contributed by atoms with Gasteiger partial charge < -0.3 is 11.5 Å². The van der Waals surface area contributed by atoms with E-state index in [1.807, 2.05) is 24.3 Å². The van der Waals surface area contributed by atoms with E-state index in [0.29, 0.717) is 17.8 Å². The Kier molecular flexibility index (Phi) is 13.4. The Morgan fingerprint density at radius 2 is 0.795 bits per heavy atom. The maximum atomic E-state index is 5.97. The van der Waals surface area contributed by atoms with Gasteiger partial charge in [0.25, 0.3) is 0 Å². The average Bonchev–Trinajstić information content (AvgIpc) is 3.05. The summed E-state index contributed by atoms with van der Waals surface area (Å²) in [4.78, 5) is 0. The van der Waals surface area contributed by atoms with Crippen LogP contribution in [-0.4, -0.2) is 0 Å². The first kappa shape index (κ1) is 33.4.